The Morgan fingerprint density at radius 1 is 1.29 bits per heavy atom. The van der Waals surface area contributed by atoms with Crippen LogP contribution in [-0.2, 0) is 11.3 Å². The van der Waals surface area contributed by atoms with Gasteiger partial charge in [-0.05, 0) is 13.8 Å². The summed E-state index contributed by atoms with van der Waals surface area (Å²) < 4.78 is 1.62. The summed E-state index contributed by atoms with van der Waals surface area (Å²) >= 11 is 3.10. The van der Waals surface area contributed by atoms with Crippen molar-refractivity contribution >= 4 is 33.3 Å². The average molecular weight is 350 g/mol. The fraction of sp³-hybridized carbons (Fsp3) is 0.267. The van der Waals surface area contributed by atoms with Crippen LogP contribution in [-0.4, -0.2) is 26.8 Å². The van der Waals surface area contributed by atoms with Crippen LogP contribution >= 0.6 is 15.9 Å². The lowest BCUT2D eigenvalue weighted by molar-refractivity contribution is -0.113. The molecule has 0 aliphatic carbocycles. The maximum absolute atomic E-state index is 12.7. The lowest BCUT2D eigenvalue weighted by atomic mass is 10.1. The maximum atomic E-state index is 12.7. The lowest BCUT2D eigenvalue weighted by Crippen LogP contribution is -2.17. The molecule has 0 fully saturated rings. The van der Waals surface area contributed by atoms with Crippen molar-refractivity contribution in [1.82, 2.24) is 9.78 Å². The number of amides is 1. The standard InChI is InChI=1S/C15H16BrN3O2/c1-3-19-14(15(21)11-7-5-4-6-8-11)13(10(2)18-19)17-12(20)9-16/h4-8H,3,9H2,1-2H3,(H,17,20). The number of carbonyl (C=O) groups excluding carboxylic acids is 2. The first-order valence-electron chi connectivity index (χ1n) is 6.61. The van der Waals surface area contributed by atoms with Gasteiger partial charge in [-0.3, -0.25) is 14.3 Å². The number of ketones is 1. The number of aromatic nitrogens is 2. The molecule has 21 heavy (non-hydrogen) atoms. The third-order valence-corrected chi connectivity index (χ3v) is 3.57. The summed E-state index contributed by atoms with van der Waals surface area (Å²) in [6.07, 6.45) is 0. The Hall–Kier alpha value is -1.95. The zero-order valence-corrected chi connectivity index (χ0v) is 13.5. The van der Waals surface area contributed by atoms with Crippen LogP contribution in [0.25, 0.3) is 0 Å². The summed E-state index contributed by atoms with van der Waals surface area (Å²) in [6.45, 7) is 4.24. The second kappa shape index (κ2) is 6.67. The molecular weight excluding hydrogens is 334 g/mol. The van der Waals surface area contributed by atoms with Crippen molar-refractivity contribution < 1.29 is 9.59 Å². The number of hydrogen-bond acceptors (Lipinski definition) is 3. The molecule has 1 aromatic carbocycles. The highest BCUT2D eigenvalue weighted by molar-refractivity contribution is 9.09. The molecule has 1 aromatic heterocycles. The smallest absolute Gasteiger partial charge is 0.235 e. The zero-order valence-electron chi connectivity index (χ0n) is 11.9. The molecule has 6 heteroatoms. The molecule has 1 N–H and O–H groups in total. The van der Waals surface area contributed by atoms with Gasteiger partial charge in [0.1, 0.15) is 5.69 Å². The van der Waals surface area contributed by atoms with Crippen molar-refractivity contribution in [3.8, 4) is 0 Å². The molecule has 0 radical (unpaired) electrons. The van der Waals surface area contributed by atoms with E-state index in [9.17, 15) is 9.59 Å². The van der Waals surface area contributed by atoms with Gasteiger partial charge in [-0.25, -0.2) is 0 Å². The molecule has 0 saturated heterocycles. The number of alkyl halides is 1. The van der Waals surface area contributed by atoms with Crippen LogP contribution in [0.2, 0.25) is 0 Å². The molecule has 0 spiro atoms. The van der Waals surface area contributed by atoms with Crippen LogP contribution in [0.5, 0.6) is 0 Å². The largest absolute Gasteiger partial charge is 0.322 e. The minimum atomic E-state index is -0.212. The van der Waals surface area contributed by atoms with Crippen LogP contribution in [0.4, 0.5) is 5.69 Å². The van der Waals surface area contributed by atoms with Gasteiger partial charge >= 0.3 is 0 Å². The van der Waals surface area contributed by atoms with E-state index in [0.29, 0.717) is 29.2 Å². The van der Waals surface area contributed by atoms with Crippen molar-refractivity contribution in [2.75, 3.05) is 10.6 Å². The highest BCUT2D eigenvalue weighted by Crippen LogP contribution is 2.23. The molecule has 1 heterocycles. The summed E-state index contributed by atoms with van der Waals surface area (Å²) in [6, 6.07) is 8.97. The van der Waals surface area contributed by atoms with E-state index in [1.54, 1.807) is 23.7 Å². The molecular formula is C15H16BrN3O2. The highest BCUT2D eigenvalue weighted by Gasteiger charge is 2.23. The lowest BCUT2D eigenvalue weighted by Gasteiger charge is -2.08. The third kappa shape index (κ3) is 3.21. The number of rotatable bonds is 5. The van der Waals surface area contributed by atoms with Crippen LogP contribution in [0.15, 0.2) is 30.3 Å². The number of benzene rings is 1. The molecule has 0 bridgehead atoms. The molecule has 0 aliphatic rings. The predicted molar refractivity (Wildman–Crippen MR) is 84.9 cm³/mol. The zero-order chi connectivity index (χ0) is 15.4. The summed E-state index contributed by atoms with van der Waals surface area (Å²) in [7, 11) is 0. The van der Waals surface area contributed by atoms with Gasteiger partial charge in [-0.15, -0.1) is 0 Å². The van der Waals surface area contributed by atoms with Gasteiger partial charge in [0.2, 0.25) is 11.7 Å². The number of nitrogens with one attached hydrogen (secondary N) is 1. The molecule has 2 rings (SSSR count). The SMILES string of the molecule is CCn1nc(C)c(NC(=O)CBr)c1C(=O)c1ccccc1. The van der Waals surface area contributed by atoms with Gasteiger partial charge in [0.25, 0.3) is 0 Å². The van der Waals surface area contributed by atoms with Crippen molar-refractivity contribution in [3.63, 3.8) is 0 Å². The summed E-state index contributed by atoms with van der Waals surface area (Å²) in [4.78, 5) is 24.3. The van der Waals surface area contributed by atoms with Crippen molar-refractivity contribution in [3.05, 3.63) is 47.3 Å². The van der Waals surface area contributed by atoms with E-state index in [-0.39, 0.29) is 17.0 Å². The fourth-order valence-corrected chi connectivity index (χ4v) is 2.23. The Morgan fingerprint density at radius 2 is 1.95 bits per heavy atom. The van der Waals surface area contributed by atoms with Gasteiger partial charge in [-0.1, -0.05) is 46.3 Å². The van der Waals surface area contributed by atoms with E-state index >= 15 is 0 Å². The van der Waals surface area contributed by atoms with Crippen molar-refractivity contribution in [2.45, 2.75) is 20.4 Å². The molecule has 0 saturated carbocycles. The number of hydrogen-bond donors (Lipinski definition) is 1. The minimum Gasteiger partial charge on any atom is -0.322 e. The van der Waals surface area contributed by atoms with Gasteiger partial charge in [-0.2, -0.15) is 5.10 Å². The Bertz CT molecular complexity index is 665. The number of halogens is 1. The van der Waals surface area contributed by atoms with E-state index in [2.05, 4.69) is 26.3 Å². The van der Waals surface area contributed by atoms with E-state index in [1.165, 1.54) is 0 Å². The molecule has 5 nitrogen and oxygen atoms in total. The number of carbonyl (C=O) groups is 2. The van der Waals surface area contributed by atoms with Gasteiger partial charge in [0.05, 0.1) is 16.7 Å². The van der Waals surface area contributed by atoms with E-state index in [4.69, 9.17) is 0 Å². The van der Waals surface area contributed by atoms with E-state index in [1.807, 2.05) is 25.1 Å². The summed E-state index contributed by atoms with van der Waals surface area (Å²) in [5.41, 5.74) is 2.09. The second-order valence-corrected chi connectivity index (χ2v) is 5.06. The Labute approximate surface area is 131 Å². The monoisotopic (exact) mass is 349 g/mol. The molecule has 0 unspecified atom stereocenters. The van der Waals surface area contributed by atoms with Gasteiger partial charge in [0.15, 0.2) is 0 Å². The quantitative estimate of drug-likeness (QED) is 0.666. The Balaban J connectivity index is 2.50. The van der Waals surface area contributed by atoms with Crippen LogP contribution in [0, 0.1) is 6.92 Å². The maximum Gasteiger partial charge on any atom is 0.235 e. The molecule has 110 valence electrons. The van der Waals surface area contributed by atoms with Crippen LogP contribution in [0.1, 0.15) is 28.7 Å². The first kappa shape index (κ1) is 15.4. The minimum absolute atomic E-state index is 0.150. The summed E-state index contributed by atoms with van der Waals surface area (Å²) in [5, 5.41) is 7.24. The summed E-state index contributed by atoms with van der Waals surface area (Å²) in [5.74, 6) is -0.362. The Kier molecular flexibility index (Phi) is 4.90. The van der Waals surface area contributed by atoms with Crippen molar-refractivity contribution in [2.24, 2.45) is 0 Å². The third-order valence-electron chi connectivity index (χ3n) is 3.06. The fourth-order valence-electron chi connectivity index (χ4n) is 2.09. The molecule has 2 aromatic rings. The molecule has 0 atom stereocenters. The van der Waals surface area contributed by atoms with Crippen LogP contribution in [0.3, 0.4) is 0 Å². The first-order chi connectivity index (χ1) is 10.1. The van der Waals surface area contributed by atoms with E-state index in [0.717, 1.165) is 0 Å². The molecule has 1 amide bonds. The van der Waals surface area contributed by atoms with Gasteiger partial charge < -0.3 is 5.32 Å². The first-order valence-corrected chi connectivity index (χ1v) is 7.73. The van der Waals surface area contributed by atoms with Crippen LogP contribution < -0.4 is 5.32 Å². The van der Waals surface area contributed by atoms with Crippen molar-refractivity contribution in [1.29, 1.82) is 0 Å². The Morgan fingerprint density at radius 3 is 2.52 bits per heavy atom. The van der Waals surface area contributed by atoms with E-state index < -0.39 is 0 Å². The number of aryl methyl sites for hydroxylation is 2. The number of anilines is 1. The van der Waals surface area contributed by atoms with Gasteiger partial charge in [0, 0.05) is 12.1 Å². The normalized spacial score (nSPS) is 10.4. The second-order valence-electron chi connectivity index (χ2n) is 4.50. The predicted octanol–water partition coefficient (Wildman–Crippen LogP) is 2.78. The highest BCUT2D eigenvalue weighted by atomic mass is 79.9. The number of nitrogens with zero attached hydrogens (tertiary/aromatic N) is 2. The topological polar surface area (TPSA) is 64.0 Å². The molecule has 0 aliphatic heterocycles. The average Bonchev–Trinajstić information content (AvgIpc) is 2.83.